The second-order valence-corrected chi connectivity index (χ2v) is 12.8. The Hall–Kier alpha value is -3.27. The van der Waals surface area contributed by atoms with E-state index in [1.54, 1.807) is 22.0 Å². The lowest BCUT2D eigenvalue weighted by Crippen LogP contribution is -2.58. The highest BCUT2D eigenvalue weighted by molar-refractivity contribution is 9.09. The largest absolute Gasteiger partial charge is 0.394 e. The van der Waals surface area contributed by atoms with Gasteiger partial charge in [0.2, 0.25) is 17.7 Å². The number of rotatable bonds is 13. The number of fused-ring (bicyclic) bond motifs is 1. The minimum Gasteiger partial charge on any atom is -0.394 e. The molecule has 2 aromatic carbocycles. The zero-order chi connectivity index (χ0) is 30.7. The van der Waals surface area contributed by atoms with Gasteiger partial charge in [0.1, 0.15) is 11.6 Å². The Morgan fingerprint density at radius 1 is 1.02 bits per heavy atom. The number of carbonyl (C=O) groups is 3. The molecule has 0 saturated carbocycles. The molecule has 3 unspecified atom stereocenters. The predicted octanol–water partition coefficient (Wildman–Crippen LogP) is 3.93. The molecule has 2 aromatic rings. The van der Waals surface area contributed by atoms with Crippen LogP contribution in [0.3, 0.4) is 0 Å². The monoisotopic (exact) mass is 649 g/mol. The van der Waals surface area contributed by atoms with Crippen LogP contribution in [0, 0.1) is 11.8 Å². The summed E-state index contributed by atoms with van der Waals surface area (Å²) in [4.78, 5) is 48.2. The van der Waals surface area contributed by atoms with Crippen LogP contribution in [0.4, 0.5) is 0 Å². The summed E-state index contributed by atoms with van der Waals surface area (Å²) < 4.78 is 6.72. The number of carbonyl (C=O) groups excluding carboxylic acids is 3. The Morgan fingerprint density at radius 2 is 1.56 bits per heavy atom. The zero-order valence-electron chi connectivity index (χ0n) is 24.6. The first-order chi connectivity index (χ1) is 20.8. The molecule has 3 aliphatic heterocycles. The van der Waals surface area contributed by atoms with Crippen molar-refractivity contribution < 1.29 is 24.2 Å². The number of likely N-dealkylation sites (tertiary alicyclic amines) is 1. The van der Waals surface area contributed by atoms with Crippen LogP contribution >= 0.6 is 15.9 Å². The van der Waals surface area contributed by atoms with Crippen molar-refractivity contribution >= 4 is 33.7 Å². The first kappa shape index (κ1) is 31.2. The SMILES string of the molecule is C=CCN(Cc1ccccc1)C(=O)C1N([C@@H](CC)CO)C(=O)[C@@H]2[C@@H](C(=O)N(CC=C)Cc3ccccc3)[C@@H]3OC12CC3Br. The maximum Gasteiger partial charge on any atom is 0.249 e. The molecule has 1 spiro atoms. The highest BCUT2D eigenvalue weighted by Crippen LogP contribution is 2.61. The van der Waals surface area contributed by atoms with E-state index in [-0.39, 0.29) is 35.7 Å². The molecule has 9 heteroatoms. The number of benzene rings is 2. The molecule has 8 nitrogen and oxygen atoms in total. The Morgan fingerprint density at radius 3 is 2.05 bits per heavy atom. The zero-order valence-corrected chi connectivity index (χ0v) is 26.1. The van der Waals surface area contributed by atoms with Crippen LogP contribution in [0.2, 0.25) is 0 Å². The van der Waals surface area contributed by atoms with E-state index in [2.05, 4.69) is 29.1 Å². The van der Waals surface area contributed by atoms with E-state index >= 15 is 0 Å². The third kappa shape index (κ3) is 5.58. The lowest BCUT2D eigenvalue weighted by molar-refractivity contribution is -0.152. The van der Waals surface area contributed by atoms with Crippen LogP contribution < -0.4 is 0 Å². The fourth-order valence-electron chi connectivity index (χ4n) is 7.20. The van der Waals surface area contributed by atoms with Crippen molar-refractivity contribution in [2.75, 3.05) is 19.7 Å². The van der Waals surface area contributed by atoms with Gasteiger partial charge in [-0.15, -0.1) is 13.2 Å². The molecule has 3 heterocycles. The maximum absolute atomic E-state index is 14.6. The van der Waals surface area contributed by atoms with Crippen LogP contribution in [0.25, 0.3) is 0 Å². The Bertz CT molecular complexity index is 1340. The van der Waals surface area contributed by atoms with Gasteiger partial charge in [-0.1, -0.05) is 95.7 Å². The van der Waals surface area contributed by atoms with E-state index in [0.29, 0.717) is 32.5 Å². The van der Waals surface area contributed by atoms with Crippen molar-refractivity contribution in [1.29, 1.82) is 0 Å². The Kier molecular flexibility index (Phi) is 9.54. The minimum atomic E-state index is -1.21. The van der Waals surface area contributed by atoms with Gasteiger partial charge in [0.25, 0.3) is 0 Å². The van der Waals surface area contributed by atoms with Crippen molar-refractivity contribution in [3.05, 3.63) is 97.1 Å². The smallest absolute Gasteiger partial charge is 0.249 e. The maximum atomic E-state index is 14.6. The number of nitrogens with zero attached hydrogens (tertiary/aromatic N) is 3. The quantitative estimate of drug-likeness (QED) is 0.262. The number of aliphatic hydroxyl groups is 1. The van der Waals surface area contributed by atoms with E-state index in [0.717, 1.165) is 11.1 Å². The summed E-state index contributed by atoms with van der Waals surface area (Å²) in [5, 5.41) is 10.4. The van der Waals surface area contributed by atoms with Gasteiger partial charge in [-0.2, -0.15) is 0 Å². The first-order valence-corrected chi connectivity index (χ1v) is 15.8. The number of hydrogen-bond donors (Lipinski definition) is 1. The standard InChI is InChI=1S/C34H40BrN3O5/c1-4-17-36(20-23-13-9-7-10-14-23)31(40)27-28-32(41)38(25(6-3)22-39)30(34(28)19-26(35)29(27)43-34)33(42)37(18-5-2)21-24-15-11-8-12-16-24/h4-5,7-16,25-30,39H,1-2,6,17-22H2,3H3/t25-,26?,27+,28-,29+,30?,34?/m0/s1. The first-order valence-electron chi connectivity index (χ1n) is 14.9. The third-order valence-electron chi connectivity index (χ3n) is 9.08. The van der Waals surface area contributed by atoms with Gasteiger partial charge in [0.05, 0.1) is 30.6 Å². The number of alkyl halides is 1. The molecule has 1 N–H and O–H groups in total. The molecule has 43 heavy (non-hydrogen) atoms. The highest BCUT2D eigenvalue weighted by atomic mass is 79.9. The van der Waals surface area contributed by atoms with Crippen LogP contribution in [-0.4, -0.2) is 85.8 Å². The molecule has 2 bridgehead atoms. The summed E-state index contributed by atoms with van der Waals surface area (Å²) in [6.07, 6.45) is 3.63. The van der Waals surface area contributed by atoms with Gasteiger partial charge in [-0.05, 0) is 24.0 Å². The molecule has 3 amide bonds. The van der Waals surface area contributed by atoms with E-state index in [4.69, 9.17) is 4.74 Å². The van der Waals surface area contributed by atoms with Gasteiger partial charge in [-0.25, -0.2) is 0 Å². The molecule has 3 saturated heterocycles. The number of aliphatic hydroxyl groups excluding tert-OH is 1. The van der Waals surface area contributed by atoms with Crippen molar-refractivity contribution in [3.63, 3.8) is 0 Å². The molecular formula is C34H40BrN3O5. The summed E-state index contributed by atoms with van der Waals surface area (Å²) >= 11 is 3.76. The normalized spacial score (nSPS) is 27.9. The minimum absolute atomic E-state index is 0.199. The highest BCUT2D eigenvalue weighted by Gasteiger charge is 2.77. The van der Waals surface area contributed by atoms with Crippen LogP contribution in [0.5, 0.6) is 0 Å². The van der Waals surface area contributed by atoms with Crippen LogP contribution in [0.1, 0.15) is 30.9 Å². The van der Waals surface area contributed by atoms with Gasteiger partial charge in [-0.3, -0.25) is 14.4 Å². The molecule has 7 atom stereocenters. The summed E-state index contributed by atoms with van der Waals surface area (Å²) in [5.74, 6) is -2.41. The summed E-state index contributed by atoms with van der Waals surface area (Å²) in [5.41, 5.74) is 0.700. The second-order valence-electron chi connectivity index (χ2n) is 11.6. The van der Waals surface area contributed by atoms with Crippen LogP contribution in [0.15, 0.2) is 86.0 Å². The lowest BCUT2D eigenvalue weighted by Gasteiger charge is -2.39. The van der Waals surface area contributed by atoms with E-state index in [1.165, 1.54) is 4.90 Å². The number of halogens is 1. The molecular weight excluding hydrogens is 610 g/mol. The summed E-state index contributed by atoms with van der Waals surface area (Å²) in [6, 6.07) is 17.8. The Balaban J connectivity index is 1.55. The van der Waals surface area contributed by atoms with Gasteiger partial charge in [0.15, 0.2) is 0 Å². The Labute approximate surface area is 262 Å². The van der Waals surface area contributed by atoms with Gasteiger partial charge >= 0.3 is 0 Å². The summed E-state index contributed by atoms with van der Waals surface area (Å²) in [6.45, 7) is 10.6. The number of amides is 3. The van der Waals surface area contributed by atoms with Gasteiger partial charge < -0.3 is 24.5 Å². The van der Waals surface area contributed by atoms with E-state index < -0.39 is 35.6 Å². The van der Waals surface area contributed by atoms with E-state index in [1.807, 2.05) is 67.6 Å². The molecule has 0 aromatic heterocycles. The molecule has 3 aliphatic rings. The number of hydrogen-bond acceptors (Lipinski definition) is 5. The van der Waals surface area contributed by atoms with Crippen molar-refractivity contribution in [1.82, 2.24) is 14.7 Å². The molecule has 0 aliphatic carbocycles. The molecule has 0 radical (unpaired) electrons. The van der Waals surface area contributed by atoms with Crippen LogP contribution in [-0.2, 0) is 32.2 Å². The molecule has 228 valence electrons. The topological polar surface area (TPSA) is 90.4 Å². The van der Waals surface area contributed by atoms with Crippen molar-refractivity contribution in [3.8, 4) is 0 Å². The third-order valence-corrected chi connectivity index (χ3v) is 9.92. The average molecular weight is 651 g/mol. The average Bonchev–Trinajstić information content (AvgIpc) is 3.61. The predicted molar refractivity (Wildman–Crippen MR) is 168 cm³/mol. The second kappa shape index (κ2) is 13.2. The summed E-state index contributed by atoms with van der Waals surface area (Å²) in [7, 11) is 0. The molecule has 5 rings (SSSR count). The fraction of sp³-hybridized carbons (Fsp3) is 0.441. The molecule has 3 fully saturated rings. The van der Waals surface area contributed by atoms with Gasteiger partial charge in [0, 0.05) is 31.0 Å². The lowest BCUT2D eigenvalue weighted by atomic mass is 9.70. The number of ether oxygens (including phenoxy) is 1. The fourth-order valence-corrected chi connectivity index (χ4v) is 8.15. The van der Waals surface area contributed by atoms with E-state index in [9.17, 15) is 19.5 Å². The van der Waals surface area contributed by atoms with Crippen molar-refractivity contribution in [2.45, 2.75) is 61.5 Å². The van der Waals surface area contributed by atoms with Crippen molar-refractivity contribution in [2.24, 2.45) is 11.8 Å².